The number of aliphatic imine (C=N–C) groups is 1. The summed E-state index contributed by atoms with van der Waals surface area (Å²) in [5.74, 6) is -0.404. The third kappa shape index (κ3) is 3.01. The molecule has 114 valence electrons. The van der Waals surface area contributed by atoms with Crippen LogP contribution in [0.25, 0.3) is 0 Å². The van der Waals surface area contributed by atoms with Crippen LogP contribution < -0.4 is 16.8 Å². The lowest BCUT2D eigenvalue weighted by Crippen LogP contribution is -2.21. The van der Waals surface area contributed by atoms with Gasteiger partial charge in [-0.25, -0.2) is 9.79 Å². The number of aromatic hydroxyl groups is 1. The van der Waals surface area contributed by atoms with Crippen molar-refractivity contribution in [1.29, 1.82) is 0 Å². The summed E-state index contributed by atoms with van der Waals surface area (Å²) in [6.45, 7) is 3.70. The van der Waals surface area contributed by atoms with Gasteiger partial charge in [-0.05, 0) is 12.2 Å². The van der Waals surface area contributed by atoms with E-state index in [9.17, 15) is 19.5 Å². The average molecular weight is 321 g/mol. The molecule has 10 heteroatoms. The molecule has 2 aromatic rings. The average Bonchev–Trinajstić information content (AvgIpc) is 2.45. The number of hydrogen-bond donors (Lipinski definition) is 4. The topological polar surface area (TPSA) is 136 Å². The Morgan fingerprint density at radius 3 is 2.68 bits per heavy atom. The minimum atomic E-state index is -0.727. The SMILES string of the molecule is C=CCn1c(O)c(C=Nc2c[nH]c(=O)[nH]c2=O)c(=O)[nH]c1=S. The highest BCUT2D eigenvalue weighted by molar-refractivity contribution is 7.71. The Labute approximate surface area is 127 Å². The Bertz CT molecular complexity index is 978. The van der Waals surface area contributed by atoms with Gasteiger partial charge in [-0.3, -0.25) is 24.1 Å². The van der Waals surface area contributed by atoms with Crippen molar-refractivity contribution in [3.63, 3.8) is 0 Å². The molecule has 0 aliphatic heterocycles. The van der Waals surface area contributed by atoms with Gasteiger partial charge in [-0.2, -0.15) is 0 Å². The van der Waals surface area contributed by atoms with Gasteiger partial charge in [-0.1, -0.05) is 6.08 Å². The summed E-state index contributed by atoms with van der Waals surface area (Å²) in [5.41, 5.74) is -2.37. The first-order valence-electron chi connectivity index (χ1n) is 5.97. The predicted molar refractivity (Wildman–Crippen MR) is 82.7 cm³/mol. The van der Waals surface area contributed by atoms with Crippen molar-refractivity contribution < 1.29 is 5.11 Å². The zero-order chi connectivity index (χ0) is 16.3. The second-order valence-corrected chi connectivity index (χ2v) is 4.50. The smallest absolute Gasteiger partial charge is 0.325 e. The maximum atomic E-state index is 11.8. The number of aromatic amines is 3. The Morgan fingerprint density at radius 1 is 1.32 bits per heavy atom. The van der Waals surface area contributed by atoms with Crippen LogP contribution in [-0.4, -0.2) is 30.8 Å². The molecule has 0 amide bonds. The normalized spacial score (nSPS) is 10.9. The molecule has 0 atom stereocenters. The molecule has 0 unspecified atom stereocenters. The van der Waals surface area contributed by atoms with Gasteiger partial charge in [0.1, 0.15) is 11.3 Å². The molecular formula is C12H11N5O4S. The van der Waals surface area contributed by atoms with Crippen LogP contribution in [0, 0.1) is 4.77 Å². The monoisotopic (exact) mass is 321 g/mol. The fourth-order valence-electron chi connectivity index (χ4n) is 1.62. The molecule has 4 N–H and O–H groups in total. The van der Waals surface area contributed by atoms with E-state index in [-0.39, 0.29) is 22.6 Å². The first-order chi connectivity index (χ1) is 10.4. The molecule has 9 nitrogen and oxygen atoms in total. The Balaban J connectivity index is 2.56. The van der Waals surface area contributed by atoms with Crippen LogP contribution in [0.3, 0.4) is 0 Å². The zero-order valence-corrected chi connectivity index (χ0v) is 11.9. The van der Waals surface area contributed by atoms with Gasteiger partial charge >= 0.3 is 5.69 Å². The number of nitrogens with one attached hydrogen (secondary N) is 3. The maximum absolute atomic E-state index is 11.8. The van der Waals surface area contributed by atoms with Gasteiger partial charge in [0.25, 0.3) is 11.1 Å². The van der Waals surface area contributed by atoms with E-state index in [1.807, 2.05) is 4.98 Å². The number of nitrogens with zero attached hydrogens (tertiary/aromatic N) is 2. The van der Waals surface area contributed by atoms with E-state index in [4.69, 9.17) is 12.2 Å². The lowest BCUT2D eigenvalue weighted by Gasteiger charge is -2.08. The van der Waals surface area contributed by atoms with Gasteiger partial charge < -0.3 is 10.1 Å². The predicted octanol–water partition coefficient (Wildman–Crippen LogP) is -0.0753. The minimum Gasteiger partial charge on any atom is -0.494 e. The highest BCUT2D eigenvalue weighted by Crippen LogP contribution is 2.12. The zero-order valence-electron chi connectivity index (χ0n) is 11.1. The van der Waals surface area contributed by atoms with Gasteiger partial charge in [0.15, 0.2) is 4.77 Å². The van der Waals surface area contributed by atoms with Crippen LogP contribution in [0.4, 0.5) is 5.69 Å². The summed E-state index contributed by atoms with van der Waals surface area (Å²) in [7, 11) is 0. The Kier molecular flexibility index (Phi) is 4.32. The molecule has 0 aromatic carbocycles. The van der Waals surface area contributed by atoms with Crippen LogP contribution in [0.1, 0.15) is 5.56 Å². The lowest BCUT2D eigenvalue weighted by molar-refractivity contribution is 0.413. The minimum absolute atomic E-state index is 0.0291. The summed E-state index contributed by atoms with van der Waals surface area (Å²) in [5, 5.41) is 10.1. The maximum Gasteiger partial charge on any atom is 0.325 e. The lowest BCUT2D eigenvalue weighted by atomic mass is 10.3. The number of aromatic nitrogens is 4. The summed E-state index contributed by atoms with van der Waals surface area (Å²) < 4.78 is 1.27. The first kappa shape index (κ1) is 15.4. The Morgan fingerprint density at radius 2 is 2.05 bits per heavy atom. The molecular weight excluding hydrogens is 310 g/mol. The molecule has 0 saturated heterocycles. The highest BCUT2D eigenvalue weighted by Gasteiger charge is 2.10. The van der Waals surface area contributed by atoms with Crippen LogP contribution in [0.15, 0.2) is 38.2 Å². The quantitative estimate of drug-likeness (QED) is 0.355. The third-order valence-electron chi connectivity index (χ3n) is 2.65. The molecule has 0 aliphatic carbocycles. The molecule has 0 spiro atoms. The second-order valence-electron chi connectivity index (χ2n) is 4.11. The van der Waals surface area contributed by atoms with E-state index in [1.54, 1.807) is 0 Å². The number of allylic oxidation sites excluding steroid dienone is 1. The summed E-state index contributed by atoms with van der Waals surface area (Å²) in [6, 6.07) is 0. The molecule has 0 bridgehead atoms. The third-order valence-corrected chi connectivity index (χ3v) is 2.97. The number of rotatable bonds is 4. The number of H-pyrrole nitrogens is 3. The Hall–Kier alpha value is -3.01. The molecule has 2 rings (SSSR count). The standard InChI is InChI=1S/C12H11N5O4S/c1-2-3-17-10(20)6(8(18)16-12(17)22)4-13-7-5-14-11(21)15-9(7)19/h2,4-5,20H,1,3H2,(H,16,18,22)(H2,14,15,19,21). The van der Waals surface area contributed by atoms with E-state index in [1.165, 1.54) is 10.6 Å². The molecule has 0 aliphatic rings. The van der Waals surface area contributed by atoms with E-state index >= 15 is 0 Å². The van der Waals surface area contributed by atoms with Crippen LogP contribution in [0.5, 0.6) is 5.88 Å². The van der Waals surface area contributed by atoms with Gasteiger partial charge in [0, 0.05) is 19.0 Å². The molecule has 2 aromatic heterocycles. The van der Waals surface area contributed by atoms with E-state index in [0.29, 0.717) is 0 Å². The second kappa shape index (κ2) is 6.18. The summed E-state index contributed by atoms with van der Waals surface area (Å²) >= 11 is 4.93. The molecule has 0 saturated carbocycles. The van der Waals surface area contributed by atoms with Crippen molar-refractivity contribution in [3.05, 3.63) is 60.4 Å². The highest BCUT2D eigenvalue weighted by atomic mass is 32.1. The van der Waals surface area contributed by atoms with Crippen molar-refractivity contribution in [2.24, 2.45) is 4.99 Å². The van der Waals surface area contributed by atoms with Gasteiger partial charge in [0.05, 0.1) is 0 Å². The molecule has 0 radical (unpaired) electrons. The van der Waals surface area contributed by atoms with E-state index in [2.05, 4.69) is 21.5 Å². The van der Waals surface area contributed by atoms with Crippen molar-refractivity contribution in [2.75, 3.05) is 0 Å². The van der Waals surface area contributed by atoms with Crippen LogP contribution >= 0.6 is 12.2 Å². The molecule has 2 heterocycles. The molecule has 0 fully saturated rings. The fraction of sp³-hybridized carbons (Fsp3) is 0.0833. The van der Waals surface area contributed by atoms with Crippen LogP contribution in [0.2, 0.25) is 0 Å². The van der Waals surface area contributed by atoms with Crippen molar-refractivity contribution in [3.8, 4) is 5.88 Å². The summed E-state index contributed by atoms with van der Waals surface area (Å²) in [4.78, 5) is 44.6. The van der Waals surface area contributed by atoms with Crippen molar-refractivity contribution >= 4 is 24.1 Å². The molecule has 22 heavy (non-hydrogen) atoms. The van der Waals surface area contributed by atoms with E-state index in [0.717, 1.165) is 12.4 Å². The largest absolute Gasteiger partial charge is 0.494 e. The van der Waals surface area contributed by atoms with Crippen molar-refractivity contribution in [2.45, 2.75) is 6.54 Å². The van der Waals surface area contributed by atoms with Gasteiger partial charge in [-0.15, -0.1) is 6.58 Å². The van der Waals surface area contributed by atoms with Gasteiger partial charge in [0.2, 0.25) is 5.88 Å². The van der Waals surface area contributed by atoms with E-state index < -0.39 is 22.7 Å². The van der Waals surface area contributed by atoms with Crippen LogP contribution in [-0.2, 0) is 6.54 Å². The fourth-order valence-corrected chi connectivity index (χ4v) is 1.88. The summed E-state index contributed by atoms with van der Waals surface area (Å²) in [6.07, 6.45) is 3.58. The number of hydrogen-bond acceptors (Lipinski definition) is 6. The first-order valence-corrected chi connectivity index (χ1v) is 6.38. The van der Waals surface area contributed by atoms with Crippen molar-refractivity contribution in [1.82, 2.24) is 19.5 Å².